The van der Waals surface area contributed by atoms with Crippen LogP contribution < -0.4 is 0 Å². The number of aliphatic carboxylic acids is 1. The van der Waals surface area contributed by atoms with Crippen molar-refractivity contribution in [1.82, 2.24) is 4.90 Å². The highest BCUT2D eigenvalue weighted by atomic mass is 35.5. The van der Waals surface area contributed by atoms with Crippen LogP contribution in [0, 0.1) is 0 Å². The van der Waals surface area contributed by atoms with E-state index in [2.05, 4.69) is 0 Å². The maximum absolute atomic E-state index is 11.8. The second-order valence-corrected chi connectivity index (χ2v) is 5.39. The Morgan fingerprint density at radius 2 is 2.12 bits per heavy atom. The van der Waals surface area contributed by atoms with Gasteiger partial charge in [0.05, 0.1) is 16.3 Å². The van der Waals surface area contributed by atoms with Crippen molar-refractivity contribution < 1.29 is 14.7 Å². The van der Waals surface area contributed by atoms with E-state index in [-0.39, 0.29) is 18.9 Å². The number of carbonyl (C=O) groups excluding carboxylic acids is 1. The average Bonchev–Trinajstić information content (AvgIpc) is 2.53. The molecular formula is C9H9Cl2NO3S. The van der Waals surface area contributed by atoms with Gasteiger partial charge in [0, 0.05) is 13.6 Å². The molecule has 0 saturated carbocycles. The molecule has 0 atom stereocenters. The van der Waals surface area contributed by atoms with Crippen LogP contribution in [0.3, 0.4) is 0 Å². The number of carboxylic acid groups (broad SMARTS) is 1. The summed E-state index contributed by atoms with van der Waals surface area (Å²) in [6, 6.07) is 1.48. The highest BCUT2D eigenvalue weighted by molar-refractivity contribution is 7.20. The van der Waals surface area contributed by atoms with Crippen LogP contribution in [0.5, 0.6) is 0 Å². The van der Waals surface area contributed by atoms with Gasteiger partial charge in [-0.3, -0.25) is 9.59 Å². The normalized spacial score (nSPS) is 10.2. The molecule has 0 aliphatic heterocycles. The third-order valence-electron chi connectivity index (χ3n) is 1.89. The molecule has 0 unspecified atom stereocenters. The Morgan fingerprint density at radius 3 is 2.56 bits per heavy atom. The van der Waals surface area contributed by atoms with Gasteiger partial charge in [0.1, 0.15) is 4.34 Å². The van der Waals surface area contributed by atoms with Crippen molar-refractivity contribution in [2.24, 2.45) is 0 Å². The summed E-state index contributed by atoms with van der Waals surface area (Å²) in [5.74, 6) is -1.27. The summed E-state index contributed by atoms with van der Waals surface area (Å²) in [6.45, 7) is 0.137. The van der Waals surface area contributed by atoms with Crippen LogP contribution in [-0.2, 0) is 4.79 Å². The minimum atomic E-state index is -0.950. The monoisotopic (exact) mass is 281 g/mol. The molecule has 16 heavy (non-hydrogen) atoms. The molecule has 0 radical (unpaired) electrons. The van der Waals surface area contributed by atoms with Crippen molar-refractivity contribution >= 4 is 46.4 Å². The van der Waals surface area contributed by atoms with Gasteiger partial charge in [-0.15, -0.1) is 11.3 Å². The first-order chi connectivity index (χ1) is 7.41. The first-order valence-corrected chi connectivity index (χ1v) is 5.91. The van der Waals surface area contributed by atoms with Crippen LogP contribution in [0.4, 0.5) is 0 Å². The van der Waals surface area contributed by atoms with Crippen molar-refractivity contribution in [2.45, 2.75) is 6.42 Å². The van der Waals surface area contributed by atoms with Gasteiger partial charge in [-0.1, -0.05) is 23.2 Å². The topological polar surface area (TPSA) is 57.6 Å². The molecular weight excluding hydrogens is 273 g/mol. The molecule has 1 N–H and O–H groups in total. The molecule has 1 aromatic heterocycles. The summed E-state index contributed by atoms with van der Waals surface area (Å²) in [5.41, 5.74) is 0.310. The fraction of sp³-hybridized carbons (Fsp3) is 0.333. The van der Waals surface area contributed by atoms with E-state index in [4.69, 9.17) is 28.3 Å². The highest BCUT2D eigenvalue weighted by Gasteiger charge is 2.18. The Hall–Kier alpha value is -0.780. The van der Waals surface area contributed by atoms with Crippen LogP contribution in [0.15, 0.2) is 6.07 Å². The van der Waals surface area contributed by atoms with Gasteiger partial charge in [-0.05, 0) is 6.07 Å². The number of carboxylic acids is 1. The fourth-order valence-corrected chi connectivity index (χ4v) is 2.50. The molecule has 1 heterocycles. The van der Waals surface area contributed by atoms with Crippen LogP contribution in [0.25, 0.3) is 0 Å². The Labute approximate surface area is 106 Å². The van der Waals surface area contributed by atoms with E-state index in [0.717, 1.165) is 11.3 Å². The van der Waals surface area contributed by atoms with Crippen molar-refractivity contribution in [3.8, 4) is 0 Å². The molecule has 1 amide bonds. The van der Waals surface area contributed by atoms with Crippen molar-refractivity contribution in [2.75, 3.05) is 13.6 Å². The van der Waals surface area contributed by atoms with Gasteiger partial charge in [-0.2, -0.15) is 0 Å². The summed E-state index contributed by atoms with van der Waals surface area (Å²) in [6.07, 6.45) is -0.0995. The predicted octanol–water partition coefficient (Wildman–Crippen LogP) is 2.60. The molecule has 7 heteroatoms. The van der Waals surface area contributed by atoms with E-state index in [1.807, 2.05) is 0 Å². The lowest BCUT2D eigenvalue weighted by Gasteiger charge is -2.15. The smallest absolute Gasteiger partial charge is 0.305 e. The lowest BCUT2D eigenvalue weighted by atomic mass is 10.3. The SMILES string of the molecule is CN(CCC(=O)O)C(=O)c1cc(Cl)sc1Cl. The Morgan fingerprint density at radius 1 is 1.50 bits per heavy atom. The number of amides is 1. The van der Waals surface area contributed by atoms with Crippen LogP contribution in [0.2, 0.25) is 8.67 Å². The standard InChI is InChI=1S/C9H9Cl2NO3S/c1-12(3-2-7(13)14)9(15)5-4-6(10)16-8(5)11/h4H,2-3H2,1H3,(H,13,14). The van der Waals surface area contributed by atoms with Crippen molar-refractivity contribution in [3.05, 3.63) is 20.3 Å². The zero-order chi connectivity index (χ0) is 12.3. The zero-order valence-electron chi connectivity index (χ0n) is 8.37. The van der Waals surface area contributed by atoms with Gasteiger partial charge in [-0.25, -0.2) is 0 Å². The first kappa shape index (κ1) is 13.3. The molecule has 1 aromatic rings. The van der Waals surface area contributed by atoms with Crippen LogP contribution >= 0.6 is 34.5 Å². The minimum Gasteiger partial charge on any atom is -0.481 e. The molecule has 0 fully saturated rings. The molecule has 0 aliphatic carbocycles. The summed E-state index contributed by atoms with van der Waals surface area (Å²) < 4.78 is 0.747. The summed E-state index contributed by atoms with van der Waals surface area (Å²) >= 11 is 12.6. The van der Waals surface area contributed by atoms with Gasteiger partial charge in [0.2, 0.25) is 0 Å². The molecule has 0 saturated heterocycles. The average molecular weight is 282 g/mol. The molecule has 1 rings (SSSR count). The van der Waals surface area contributed by atoms with E-state index in [1.54, 1.807) is 0 Å². The number of nitrogens with zero attached hydrogens (tertiary/aromatic N) is 1. The maximum atomic E-state index is 11.8. The second kappa shape index (κ2) is 5.52. The van der Waals surface area contributed by atoms with Gasteiger partial charge in [0.15, 0.2) is 0 Å². The Balaban J connectivity index is 2.70. The van der Waals surface area contributed by atoms with E-state index in [1.165, 1.54) is 18.0 Å². The van der Waals surface area contributed by atoms with E-state index < -0.39 is 5.97 Å². The van der Waals surface area contributed by atoms with E-state index in [0.29, 0.717) is 14.2 Å². The predicted molar refractivity (Wildman–Crippen MR) is 63.6 cm³/mol. The van der Waals surface area contributed by atoms with Crippen LogP contribution in [-0.4, -0.2) is 35.5 Å². The summed E-state index contributed by atoms with van der Waals surface area (Å²) in [4.78, 5) is 23.4. The summed E-state index contributed by atoms with van der Waals surface area (Å²) in [7, 11) is 1.52. The Kier molecular flexibility index (Phi) is 4.58. The quantitative estimate of drug-likeness (QED) is 0.923. The van der Waals surface area contributed by atoms with Crippen molar-refractivity contribution in [3.63, 3.8) is 0 Å². The van der Waals surface area contributed by atoms with E-state index in [9.17, 15) is 9.59 Å². The third kappa shape index (κ3) is 3.37. The maximum Gasteiger partial charge on any atom is 0.305 e. The van der Waals surface area contributed by atoms with E-state index >= 15 is 0 Å². The lowest BCUT2D eigenvalue weighted by Crippen LogP contribution is -2.28. The molecule has 0 bridgehead atoms. The fourth-order valence-electron chi connectivity index (χ4n) is 1.06. The molecule has 88 valence electrons. The Bertz CT molecular complexity index is 419. The van der Waals surface area contributed by atoms with Gasteiger partial charge >= 0.3 is 5.97 Å². The van der Waals surface area contributed by atoms with Gasteiger partial charge in [0.25, 0.3) is 5.91 Å². The molecule has 4 nitrogen and oxygen atoms in total. The lowest BCUT2D eigenvalue weighted by molar-refractivity contribution is -0.137. The number of hydrogen-bond acceptors (Lipinski definition) is 3. The highest BCUT2D eigenvalue weighted by Crippen LogP contribution is 2.31. The minimum absolute atomic E-state index is 0.0995. The number of carbonyl (C=O) groups is 2. The number of hydrogen-bond donors (Lipinski definition) is 1. The molecule has 0 aliphatic rings. The van der Waals surface area contributed by atoms with Crippen LogP contribution in [0.1, 0.15) is 16.8 Å². The number of thiophene rings is 1. The second-order valence-electron chi connectivity index (χ2n) is 3.11. The number of halogens is 2. The number of rotatable bonds is 4. The molecule has 0 aromatic carbocycles. The van der Waals surface area contributed by atoms with Crippen molar-refractivity contribution in [1.29, 1.82) is 0 Å². The third-order valence-corrected chi connectivity index (χ3v) is 3.38. The molecule has 0 spiro atoms. The largest absolute Gasteiger partial charge is 0.481 e. The zero-order valence-corrected chi connectivity index (χ0v) is 10.7. The first-order valence-electron chi connectivity index (χ1n) is 4.34. The summed E-state index contributed by atoms with van der Waals surface area (Å²) in [5, 5.41) is 8.49. The van der Waals surface area contributed by atoms with Gasteiger partial charge < -0.3 is 10.0 Å².